The molecular formula is C32H46O7. The highest BCUT2D eigenvalue weighted by atomic mass is 16.6. The van der Waals surface area contributed by atoms with Crippen LogP contribution in [0.1, 0.15) is 22.3 Å². The smallest absolute Gasteiger partial charge is 0.0701 e. The number of hydrogen-bond donors (Lipinski definition) is 0. The van der Waals surface area contributed by atoms with Crippen LogP contribution in [-0.2, 0) is 46.0 Å². The molecule has 0 bridgehead atoms. The first-order chi connectivity index (χ1) is 19.2. The van der Waals surface area contributed by atoms with Gasteiger partial charge in [-0.3, -0.25) is 0 Å². The second-order valence-corrected chi connectivity index (χ2v) is 9.56. The van der Waals surface area contributed by atoms with Crippen LogP contribution in [0.25, 0.3) is 21.5 Å². The Bertz CT molecular complexity index is 1110. The Morgan fingerprint density at radius 1 is 0.410 bits per heavy atom. The first kappa shape index (κ1) is 31.4. The predicted octanol–water partition coefficient (Wildman–Crippen LogP) is 5.07. The molecule has 0 atom stereocenters. The van der Waals surface area contributed by atoms with E-state index in [0.29, 0.717) is 79.3 Å². The maximum atomic E-state index is 5.82. The molecule has 0 aliphatic carbocycles. The summed E-state index contributed by atoms with van der Waals surface area (Å²) in [6.45, 7) is 11.7. The quantitative estimate of drug-likeness (QED) is 0.138. The zero-order valence-corrected chi connectivity index (χ0v) is 24.2. The summed E-state index contributed by atoms with van der Waals surface area (Å²) in [6.07, 6.45) is 1.77. The van der Waals surface area contributed by atoms with Crippen LogP contribution in [0.2, 0.25) is 0 Å². The Labute approximate surface area is 233 Å². The van der Waals surface area contributed by atoms with Gasteiger partial charge in [-0.2, -0.15) is 0 Å². The van der Waals surface area contributed by atoms with Crippen molar-refractivity contribution >= 4 is 21.5 Å². The Morgan fingerprint density at radius 2 is 0.744 bits per heavy atom. The molecule has 0 N–H and O–H groups in total. The van der Waals surface area contributed by atoms with E-state index in [2.05, 4.69) is 50.2 Å². The van der Waals surface area contributed by atoms with Gasteiger partial charge in [-0.1, -0.05) is 36.4 Å². The summed E-state index contributed by atoms with van der Waals surface area (Å²) in [7, 11) is 3.35. The summed E-state index contributed by atoms with van der Waals surface area (Å²) < 4.78 is 37.9. The molecule has 39 heavy (non-hydrogen) atoms. The third kappa shape index (κ3) is 10.4. The van der Waals surface area contributed by atoms with Gasteiger partial charge in [0.2, 0.25) is 0 Å². The van der Waals surface area contributed by atoms with E-state index >= 15 is 0 Å². The van der Waals surface area contributed by atoms with Crippen molar-refractivity contribution in [2.75, 3.05) is 93.5 Å². The van der Waals surface area contributed by atoms with Gasteiger partial charge in [0.1, 0.15) is 0 Å². The van der Waals surface area contributed by atoms with Gasteiger partial charge in [-0.05, 0) is 70.5 Å². The van der Waals surface area contributed by atoms with E-state index in [-0.39, 0.29) is 0 Å². The van der Waals surface area contributed by atoms with Gasteiger partial charge in [-0.25, -0.2) is 0 Å². The number of ether oxygens (including phenoxy) is 7. The van der Waals surface area contributed by atoms with Crippen LogP contribution < -0.4 is 0 Å². The SMILES string of the molecule is COCCOCCOCCOCCOCCc1ccc2c(C)c3ccc(CCOCCOC)cc3c(C)c2c1. The average molecular weight is 543 g/mol. The summed E-state index contributed by atoms with van der Waals surface area (Å²) in [6, 6.07) is 13.6. The highest BCUT2D eigenvalue weighted by Crippen LogP contribution is 2.33. The Kier molecular flexibility index (Phi) is 14.7. The average Bonchev–Trinajstić information content (AvgIpc) is 2.96. The third-order valence-corrected chi connectivity index (χ3v) is 6.83. The van der Waals surface area contributed by atoms with Crippen molar-refractivity contribution in [2.45, 2.75) is 26.7 Å². The normalized spacial score (nSPS) is 11.7. The second-order valence-electron chi connectivity index (χ2n) is 9.56. The molecule has 0 aliphatic rings. The van der Waals surface area contributed by atoms with Crippen LogP contribution in [0.5, 0.6) is 0 Å². The van der Waals surface area contributed by atoms with E-state index in [0.717, 1.165) is 12.8 Å². The number of benzene rings is 3. The maximum absolute atomic E-state index is 5.82. The highest BCUT2D eigenvalue weighted by Gasteiger charge is 2.10. The van der Waals surface area contributed by atoms with Gasteiger partial charge < -0.3 is 33.2 Å². The molecule has 0 saturated carbocycles. The van der Waals surface area contributed by atoms with Crippen LogP contribution in [0, 0.1) is 13.8 Å². The molecule has 0 spiro atoms. The molecule has 3 aromatic carbocycles. The summed E-state index contributed by atoms with van der Waals surface area (Å²) in [5.74, 6) is 0. The van der Waals surface area contributed by atoms with Crippen molar-refractivity contribution in [2.24, 2.45) is 0 Å². The number of hydrogen-bond acceptors (Lipinski definition) is 7. The molecule has 0 aromatic heterocycles. The fourth-order valence-electron chi connectivity index (χ4n) is 4.59. The lowest BCUT2D eigenvalue weighted by atomic mass is 9.90. The van der Waals surface area contributed by atoms with Crippen molar-refractivity contribution in [1.29, 1.82) is 0 Å². The lowest BCUT2D eigenvalue weighted by molar-refractivity contribution is -0.00752. The fraction of sp³-hybridized carbons (Fsp3) is 0.562. The first-order valence-electron chi connectivity index (χ1n) is 14.0. The molecule has 216 valence electrons. The van der Waals surface area contributed by atoms with Crippen LogP contribution >= 0.6 is 0 Å². The van der Waals surface area contributed by atoms with Gasteiger partial charge in [0, 0.05) is 14.2 Å². The Balaban J connectivity index is 1.43. The minimum absolute atomic E-state index is 0.557. The van der Waals surface area contributed by atoms with Gasteiger partial charge in [0.05, 0.1) is 79.3 Å². The monoisotopic (exact) mass is 542 g/mol. The second kappa shape index (κ2) is 18.3. The maximum Gasteiger partial charge on any atom is 0.0701 e. The van der Waals surface area contributed by atoms with Crippen molar-refractivity contribution in [3.05, 3.63) is 58.7 Å². The molecule has 3 rings (SSSR count). The van der Waals surface area contributed by atoms with E-state index in [1.165, 1.54) is 43.8 Å². The Hall–Kier alpha value is -2.10. The summed E-state index contributed by atoms with van der Waals surface area (Å²) >= 11 is 0. The summed E-state index contributed by atoms with van der Waals surface area (Å²) in [5, 5.41) is 5.28. The van der Waals surface area contributed by atoms with Crippen molar-refractivity contribution in [3.8, 4) is 0 Å². The van der Waals surface area contributed by atoms with E-state index in [1.807, 2.05) is 0 Å². The third-order valence-electron chi connectivity index (χ3n) is 6.83. The standard InChI is InChI=1S/C32H46O7/c1-25-29-7-5-27(9-11-35-15-13-33-3)23-31(29)26(2)32-24-28(6-8-30(25)32)10-12-36-17-18-38-21-22-39-20-19-37-16-14-34-4/h5-8,23-24H,9-22H2,1-4H3. The molecule has 0 aliphatic heterocycles. The van der Waals surface area contributed by atoms with Crippen molar-refractivity contribution in [3.63, 3.8) is 0 Å². The molecule has 3 aromatic rings. The van der Waals surface area contributed by atoms with E-state index in [4.69, 9.17) is 33.2 Å². The highest BCUT2D eigenvalue weighted by molar-refractivity contribution is 6.05. The van der Waals surface area contributed by atoms with E-state index in [1.54, 1.807) is 14.2 Å². The Morgan fingerprint density at radius 3 is 1.13 bits per heavy atom. The molecular weight excluding hydrogens is 496 g/mol. The number of methoxy groups -OCH3 is 2. The largest absolute Gasteiger partial charge is 0.382 e. The number of fused-ring (bicyclic) bond motifs is 2. The lowest BCUT2D eigenvalue weighted by Crippen LogP contribution is -2.13. The molecule has 0 fully saturated rings. The topological polar surface area (TPSA) is 64.6 Å². The van der Waals surface area contributed by atoms with Crippen molar-refractivity contribution < 1.29 is 33.2 Å². The van der Waals surface area contributed by atoms with Crippen LogP contribution in [0.3, 0.4) is 0 Å². The molecule has 7 nitrogen and oxygen atoms in total. The number of rotatable bonds is 21. The van der Waals surface area contributed by atoms with Gasteiger partial charge >= 0.3 is 0 Å². The molecule has 0 heterocycles. The van der Waals surface area contributed by atoms with Crippen LogP contribution in [0.4, 0.5) is 0 Å². The summed E-state index contributed by atoms with van der Waals surface area (Å²) in [5.41, 5.74) is 5.24. The summed E-state index contributed by atoms with van der Waals surface area (Å²) in [4.78, 5) is 0. The van der Waals surface area contributed by atoms with Gasteiger partial charge in [0.25, 0.3) is 0 Å². The predicted molar refractivity (Wildman–Crippen MR) is 156 cm³/mol. The minimum atomic E-state index is 0.557. The molecule has 0 amide bonds. The van der Waals surface area contributed by atoms with Crippen LogP contribution in [0.15, 0.2) is 36.4 Å². The zero-order valence-electron chi connectivity index (χ0n) is 24.2. The van der Waals surface area contributed by atoms with Crippen LogP contribution in [-0.4, -0.2) is 93.5 Å². The lowest BCUT2D eigenvalue weighted by Gasteiger charge is -2.15. The van der Waals surface area contributed by atoms with Gasteiger partial charge in [-0.15, -0.1) is 0 Å². The first-order valence-corrected chi connectivity index (χ1v) is 14.0. The minimum Gasteiger partial charge on any atom is -0.382 e. The molecule has 7 heteroatoms. The van der Waals surface area contributed by atoms with E-state index < -0.39 is 0 Å². The molecule has 0 radical (unpaired) electrons. The van der Waals surface area contributed by atoms with Crippen molar-refractivity contribution in [1.82, 2.24) is 0 Å². The van der Waals surface area contributed by atoms with Gasteiger partial charge in [0.15, 0.2) is 0 Å². The molecule has 0 saturated heterocycles. The molecule has 0 unspecified atom stereocenters. The fourth-order valence-corrected chi connectivity index (χ4v) is 4.59. The zero-order chi connectivity index (χ0) is 27.7. The van der Waals surface area contributed by atoms with E-state index in [9.17, 15) is 0 Å². The number of aryl methyl sites for hydroxylation is 2.